The molecule has 1 atom stereocenters. The van der Waals surface area contributed by atoms with Crippen molar-refractivity contribution in [3.8, 4) is 0 Å². The van der Waals surface area contributed by atoms with Crippen LogP contribution in [0.3, 0.4) is 0 Å². The fourth-order valence-electron chi connectivity index (χ4n) is 2.85. The first kappa shape index (κ1) is 16.4. The molecule has 2 aromatic heterocycles. The highest BCUT2D eigenvalue weighted by atomic mass is 16.2. The molecule has 128 valence electrons. The summed E-state index contributed by atoms with van der Waals surface area (Å²) in [5.74, 6) is 1.14. The summed E-state index contributed by atoms with van der Waals surface area (Å²) in [6, 6.07) is 8.02. The summed E-state index contributed by atoms with van der Waals surface area (Å²) in [6.45, 7) is 6.32. The first-order chi connectivity index (χ1) is 11.7. The van der Waals surface area contributed by atoms with E-state index in [4.69, 9.17) is 0 Å². The lowest BCUT2D eigenvalue weighted by atomic mass is 10.3. The van der Waals surface area contributed by atoms with Gasteiger partial charge in [0.15, 0.2) is 0 Å². The molecule has 2 aromatic rings. The minimum absolute atomic E-state index is 0.156. The second kappa shape index (κ2) is 7.92. The fraction of sp³-hybridized carbons (Fsp3) is 0.471. The van der Waals surface area contributed by atoms with Gasteiger partial charge in [0, 0.05) is 50.8 Å². The Bertz CT molecular complexity index is 622. The van der Waals surface area contributed by atoms with Gasteiger partial charge in [-0.25, -0.2) is 4.98 Å². The molecule has 3 rings (SSSR count). The summed E-state index contributed by atoms with van der Waals surface area (Å²) < 4.78 is 1.87. The second-order valence-corrected chi connectivity index (χ2v) is 6.07. The summed E-state index contributed by atoms with van der Waals surface area (Å²) in [6.07, 6.45) is 5.49. The molecule has 0 spiro atoms. The number of amides is 1. The molecule has 1 saturated heterocycles. The second-order valence-electron chi connectivity index (χ2n) is 6.07. The molecule has 1 aliphatic heterocycles. The Hall–Kier alpha value is -2.41. The van der Waals surface area contributed by atoms with Crippen molar-refractivity contribution in [1.82, 2.24) is 25.0 Å². The lowest BCUT2D eigenvalue weighted by molar-refractivity contribution is -0.130. The smallest absolute Gasteiger partial charge is 0.236 e. The summed E-state index contributed by atoms with van der Waals surface area (Å²) in [7, 11) is 0. The lowest BCUT2D eigenvalue weighted by Gasteiger charge is -2.35. The van der Waals surface area contributed by atoms with Gasteiger partial charge in [-0.1, -0.05) is 6.07 Å². The standard InChI is InChI=1S/C17H24N6O/c1-15(14-23-8-4-7-20-23)19-13-17(24)22-11-9-21(10-12-22)16-5-2-3-6-18-16/h2-8,15,19H,9-14H2,1H3. The number of anilines is 1. The zero-order valence-corrected chi connectivity index (χ0v) is 14.0. The Morgan fingerprint density at radius 2 is 2.04 bits per heavy atom. The van der Waals surface area contributed by atoms with Crippen molar-refractivity contribution >= 4 is 11.7 Å². The van der Waals surface area contributed by atoms with Crippen LogP contribution in [0.25, 0.3) is 0 Å². The number of carbonyl (C=O) groups is 1. The van der Waals surface area contributed by atoms with E-state index in [0.29, 0.717) is 6.54 Å². The summed E-state index contributed by atoms with van der Waals surface area (Å²) in [4.78, 5) is 20.9. The third-order valence-electron chi connectivity index (χ3n) is 4.23. The molecule has 1 fully saturated rings. The van der Waals surface area contributed by atoms with Gasteiger partial charge in [-0.05, 0) is 25.1 Å². The van der Waals surface area contributed by atoms with Crippen LogP contribution in [0.1, 0.15) is 6.92 Å². The Morgan fingerprint density at radius 1 is 1.21 bits per heavy atom. The van der Waals surface area contributed by atoms with Gasteiger partial charge in [0.25, 0.3) is 0 Å². The van der Waals surface area contributed by atoms with E-state index >= 15 is 0 Å². The van der Waals surface area contributed by atoms with E-state index in [0.717, 1.165) is 38.5 Å². The highest BCUT2D eigenvalue weighted by Crippen LogP contribution is 2.12. The molecule has 7 heteroatoms. The van der Waals surface area contributed by atoms with E-state index < -0.39 is 0 Å². The number of carbonyl (C=O) groups excluding carboxylic acids is 1. The normalized spacial score (nSPS) is 16.2. The van der Waals surface area contributed by atoms with Gasteiger partial charge in [-0.3, -0.25) is 9.48 Å². The van der Waals surface area contributed by atoms with Crippen LogP contribution in [-0.2, 0) is 11.3 Å². The first-order valence-electron chi connectivity index (χ1n) is 8.37. The van der Waals surface area contributed by atoms with Gasteiger partial charge in [-0.15, -0.1) is 0 Å². The predicted molar refractivity (Wildman–Crippen MR) is 92.7 cm³/mol. The van der Waals surface area contributed by atoms with E-state index in [1.54, 1.807) is 12.4 Å². The number of nitrogens with zero attached hydrogens (tertiary/aromatic N) is 5. The number of pyridine rings is 1. The quantitative estimate of drug-likeness (QED) is 0.841. The number of rotatable bonds is 6. The first-order valence-corrected chi connectivity index (χ1v) is 8.37. The van der Waals surface area contributed by atoms with Crippen LogP contribution < -0.4 is 10.2 Å². The third kappa shape index (κ3) is 4.32. The molecular formula is C17H24N6O. The summed E-state index contributed by atoms with van der Waals surface area (Å²) >= 11 is 0. The van der Waals surface area contributed by atoms with Crippen molar-refractivity contribution in [3.63, 3.8) is 0 Å². The van der Waals surface area contributed by atoms with Gasteiger partial charge in [0.05, 0.1) is 13.1 Å². The molecular weight excluding hydrogens is 304 g/mol. The molecule has 7 nitrogen and oxygen atoms in total. The van der Waals surface area contributed by atoms with Crippen molar-refractivity contribution in [2.75, 3.05) is 37.6 Å². The van der Waals surface area contributed by atoms with Crippen molar-refractivity contribution in [1.29, 1.82) is 0 Å². The largest absolute Gasteiger partial charge is 0.353 e. The van der Waals surface area contributed by atoms with Gasteiger partial charge in [0.2, 0.25) is 5.91 Å². The fourth-order valence-corrected chi connectivity index (χ4v) is 2.85. The van der Waals surface area contributed by atoms with Crippen LogP contribution in [0.4, 0.5) is 5.82 Å². The number of nitrogens with one attached hydrogen (secondary N) is 1. The number of hydrogen-bond acceptors (Lipinski definition) is 5. The van der Waals surface area contributed by atoms with E-state index in [2.05, 4.69) is 27.2 Å². The predicted octanol–water partition coefficient (Wildman–Crippen LogP) is 0.605. The van der Waals surface area contributed by atoms with E-state index in [1.807, 2.05) is 40.0 Å². The molecule has 0 aromatic carbocycles. The molecule has 0 aliphatic carbocycles. The minimum Gasteiger partial charge on any atom is -0.353 e. The van der Waals surface area contributed by atoms with E-state index in [-0.39, 0.29) is 11.9 Å². The zero-order valence-electron chi connectivity index (χ0n) is 14.0. The van der Waals surface area contributed by atoms with Crippen molar-refractivity contribution < 1.29 is 4.79 Å². The van der Waals surface area contributed by atoms with E-state index in [1.165, 1.54) is 0 Å². The van der Waals surface area contributed by atoms with Crippen molar-refractivity contribution in [2.24, 2.45) is 0 Å². The Kier molecular flexibility index (Phi) is 5.43. The average molecular weight is 328 g/mol. The highest BCUT2D eigenvalue weighted by Gasteiger charge is 2.21. The maximum absolute atomic E-state index is 12.4. The Morgan fingerprint density at radius 3 is 2.71 bits per heavy atom. The van der Waals surface area contributed by atoms with E-state index in [9.17, 15) is 4.79 Å². The lowest BCUT2D eigenvalue weighted by Crippen LogP contribution is -2.51. The molecule has 1 N–H and O–H groups in total. The summed E-state index contributed by atoms with van der Waals surface area (Å²) in [5, 5.41) is 7.46. The Labute approximate surface area is 142 Å². The molecule has 1 amide bonds. The third-order valence-corrected chi connectivity index (χ3v) is 4.23. The number of hydrogen-bond donors (Lipinski definition) is 1. The van der Waals surface area contributed by atoms with Crippen LogP contribution in [0, 0.1) is 0 Å². The maximum atomic E-state index is 12.4. The molecule has 1 aliphatic rings. The van der Waals surface area contributed by atoms with Crippen LogP contribution >= 0.6 is 0 Å². The minimum atomic E-state index is 0.156. The molecule has 0 bridgehead atoms. The maximum Gasteiger partial charge on any atom is 0.236 e. The summed E-state index contributed by atoms with van der Waals surface area (Å²) in [5.41, 5.74) is 0. The number of aromatic nitrogens is 3. The molecule has 1 unspecified atom stereocenters. The van der Waals surface area contributed by atoms with Crippen molar-refractivity contribution in [3.05, 3.63) is 42.9 Å². The SMILES string of the molecule is CC(Cn1cccn1)NCC(=O)N1CCN(c2ccccn2)CC1. The van der Waals surface area contributed by atoms with Crippen LogP contribution in [-0.4, -0.2) is 64.3 Å². The van der Waals surface area contributed by atoms with Crippen LogP contribution in [0.15, 0.2) is 42.9 Å². The van der Waals surface area contributed by atoms with Gasteiger partial charge in [0.1, 0.15) is 5.82 Å². The van der Waals surface area contributed by atoms with Gasteiger partial charge >= 0.3 is 0 Å². The van der Waals surface area contributed by atoms with Gasteiger partial charge in [-0.2, -0.15) is 5.10 Å². The zero-order chi connectivity index (χ0) is 16.8. The van der Waals surface area contributed by atoms with Crippen LogP contribution in [0.2, 0.25) is 0 Å². The monoisotopic (exact) mass is 328 g/mol. The van der Waals surface area contributed by atoms with Crippen LogP contribution in [0.5, 0.6) is 0 Å². The average Bonchev–Trinajstić information content (AvgIpc) is 3.13. The highest BCUT2D eigenvalue weighted by molar-refractivity contribution is 5.78. The molecule has 3 heterocycles. The topological polar surface area (TPSA) is 66.3 Å². The van der Waals surface area contributed by atoms with Gasteiger partial charge < -0.3 is 15.1 Å². The Balaban J connectivity index is 1.40. The molecule has 0 radical (unpaired) electrons. The molecule has 0 saturated carbocycles. The number of piperazine rings is 1. The van der Waals surface area contributed by atoms with Crippen molar-refractivity contribution in [2.45, 2.75) is 19.5 Å². The molecule has 24 heavy (non-hydrogen) atoms.